The van der Waals surface area contributed by atoms with Gasteiger partial charge in [-0.15, -0.1) is 11.3 Å². The molecule has 0 radical (unpaired) electrons. The van der Waals surface area contributed by atoms with Gasteiger partial charge in [-0.2, -0.15) is 4.57 Å². The molecule has 3 nitrogen and oxygen atoms in total. The van der Waals surface area contributed by atoms with Crippen molar-refractivity contribution in [1.29, 1.82) is 0 Å². The van der Waals surface area contributed by atoms with Gasteiger partial charge in [0.05, 0.1) is 11.7 Å². The molecule has 7 aromatic rings. The van der Waals surface area contributed by atoms with E-state index in [9.17, 15) is 0 Å². The maximum atomic E-state index is 8.25. The van der Waals surface area contributed by atoms with Gasteiger partial charge in [0.1, 0.15) is 11.3 Å². The van der Waals surface area contributed by atoms with E-state index in [1.165, 1.54) is 22.4 Å². The first-order chi connectivity index (χ1) is 23.4. The Morgan fingerprint density at radius 1 is 0.795 bits per heavy atom. The molecule has 0 atom stereocenters. The largest absolute Gasteiger partial charge is 0.454 e. The van der Waals surface area contributed by atoms with E-state index in [2.05, 4.69) is 113 Å². The van der Waals surface area contributed by atoms with Gasteiger partial charge < -0.3 is 4.42 Å². The molecule has 0 amide bonds. The minimum atomic E-state index is -2.59. The fourth-order valence-corrected chi connectivity index (χ4v) is 7.77. The number of thiophene rings is 1. The summed E-state index contributed by atoms with van der Waals surface area (Å²) in [5.74, 6) is 1.88. The third kappa shape index (κ3) is 4.10. The number of para-hydroxylation sites is 2. The first-order valence-electron chi connectivity index (χ1n) is 18.5. The zero-order chi connectivity index (χ0) is 36.2. The van der Waals surface area contributed by atoms with Crippen LogP contribution in [0.4, 0.5) is 0 Å². The Morgan fingerprint density at radius 2 is 1.45 bits per heavy atom. The van der Waals surface area contributed by atoms with Gasteiger partial charge in [0.15, 0.2) is 22.2 Å². The van der Waals surface area contributed by atoms with Crippen molar-refractivity contribution in [3.8, 4) is 17.1 Å². The van der Waals surface area contributed by atoms with Crippen molar-refractivity contribution in [2.45, 2.75) is 79.9 Å². The molecule has 7 rings (SSSR count). The van der Waals surface area contributed by atoms with Crippen molar-refractivity contribution in [2.24, 2.45) is 7.05 Å². The lowest BCUT2D eigenvalue weighted by Gasteiger charge is -2.21. The van der Waals surface area contributed by atoms with E-state index in [1.54, 1.807) is 6.07 Å². The van der Waals surface area contributed by atoms with Crippen LogP contribution >= 0.6 is 11.3 Å². The summed E-state index contributed by atoms with van der Waals surface area (Å²) in [7, 11) is 2.10. The predicted molar refractivity (Wildman–Crippen MR) is 189 cm³/mol. The zero-order valence-electron chi connectivity index (χ0n) is 32.7. The minimum absolute atomic E-state index is 0.115. The standard InChI is InChI=1S/C40H43N2OS/c1-21(2)27-19-31(22(3)4)36(32(20-27)23(5)6)42-34-14-12-11-13-33(34)41(10)40(42)35-24(7)15-16-29-30-18-17-28-25(8)26(9)44-39(28)38(30)43-37(29)35/h11-23H,1-10H3/q+1/i8D3,9D3. The quantitative estimate of drug-likeness (QED) is 0.179. The molecule has 224 valence electrons. The smallest absolute Gasteiger partial charge is 0.299 e. The number of hydrogen-bond donors (Lipinski definition) is 0. The summed E-state index contributed by atoms with van der Waals surface area (Å²) in [5, 5.41) is 2.11. The topological polar surface area (TPSA) is 21.9 Å². The molecule has 0 saturated heterocycles. The van der Waals surface area contributed by atoms with Crippen LogP contribution in [0.3, 0.4) is 0 Å². The predicted octanol–water partition coefficient (Wildman–Crippen LogP) is 11.5. The number of imidazole rings is 1. The Balaban J connectivity index is 1.65. The van der Waals surface area contributed by atoms with Crippen molar-refractivity contribution in [3.05, 3.63) is 93.4 Å². The average molecular weight is 606 g/mol. The van der Waals surface area contributed by atoms with Crippen molar-refractivity contribution < 1.29 is 17.2 Å². The Morgan fingerprint density at radius 3 is 2.11 bits per heavy atom. The number of benzene rings is 4. The summed E-state index contributed by atoms with van der Waals surface area (Å²) in [6.07, 6.45) is 0. The molecule has 44 heavy (non-hydrogen) atoms. The lowest BCUT2D eigenvalue weighted by atomic mass is 9.87. The third-order valence-electron chi connectivity index (χ3n) is 9.24. The third-order valence-corrected chi connectivity index (χ3v) is 10.3. The van der Waals surface area contributed by atoms with Crippen LogP contribution in [0.25, 0.3) is 60.1 Å². The van der Waals surface area contributed by atoms with E-state index in [4.69, 9.17) is 12.6 Å². The highest BCUT2D eigenvalue weighted by Crippen LogP contribution is 2.45. The SMILES string of the molecule is [2H]C([2H])([2H])c1sc2c(ccc3c4ccc(C)c(-c5n(-c6c(C(C)C)cc(C(C)C)cc6C(C)C)c6ccccc6[n+]5C)c4oc32)c1C([2H])([2H])[2H]. The van der Waals surface area contributed by atoms with Gasteiger partial charge >= 0.3 is 0 Å². The number of hydrogen-bond acceptors (Lipinski definition) is 2. The Bertz CT molecular complexity index is 2440. The van der Waals surface area contributed by atoms with Gasteiger partial charge in [-0.3, -0.25) is 0 Å². The Labute approximate surface area is 273 Å². The highest BCUT2D eigenvalue weighted by atomic mass is 32.1. The van der Waals surface area contributed by atoms with Crippen LogP contribution < -0.4 is 4.57 Å². The number of aromatic nitrogens is 2. The molecular weight excluding hydrogens is 557 g/mol. The molecule has 0 saturated carbocycles. The average Bonchev–Trinajstić information content (AvgIpc) is 3.70. The van der Waals surface area contributed by atoms with Gasteiger partial charge in [-0.05, 0) is 78.7 Å². The van der Waals surface area contributed by atoms with E-state index in [0.717, 1.165) is 50.1 Å². The number of aryl methyl sites for hydroxylation is 4. The molecule has 0 aliphatic carbocycles. The Hall–Kier alpha value is -3.89. The first kappa shape index (κ1) is 22.6. The molecular formula is C40H43N2OS+. The first-order valence-corrected chi connectivity index (χ1v) is 16.3. The number of rotatable bonds is 5. The van der Waals surface area contributed by atoms with Crippen LogP contribution in [0.1, 0.15) is 100 Å². The van der Waals surface area contributed by atoms with Crippen LogP contribution in [0.2, 0.25) is 0 Å². The minimum Gasteiger partial charge on any atom is -0.454 e. The van der Waals surface area contributed by atoms with Gasteiger partial charge in [-0.25, -0.2) is 4.57 Å². The number of furan rings is 1. The summed E-state index contributed by atoms with van der Waals surface area (Å²) in [6.45, 7) is 10.5. The fraction of sp³-hybridized carbons (Fsp3) is 0.325. The summed E-state index contributed by atoms with van der Waals surface area (Å²) in [5.41, 5.74) is 10.3. The molecule has 0 spiro atoms. The van der Waals surface area contributed by atoms with Gasteiger partial charge in [0, 0.05) is 35.0 Å². The van der Waals surface area contributed by atoms with Crippen molar-refractivity contribution in [2.75, 3.05) is 0 Å². The van der Waals surface area contributed by atoms with E-state index in [0.29, 0.717) is 27.2 Å². The second-order valence-electron chi connectivity index (χ2n) is 13.1. The number of nitrogens with zero attached hydrogens (tertiary/aromatic N) is 2. The lowest BCUT2D eigenvalue weighted by Crippen LogP contribution is -2.30. The molecule has 3 heterocycles. The summed E-state index contributed by atoms with van der Waals surface area (Å²) < 4.78 is 61.4. The fourth-order valence-electron chi connectivity index (χ4n) is 6.83. The van der Waals surface area contributed by atoms with Crippen molar-refractivity contribution >= 4 is 54.4 Å². The van der Waals surface area contributed by atoms with Crippen molar-refractivity contribution in [1.82, 2.24) is 4.57 Å². The van der Waals surface area contributed by atoms with E-state index in [1.807, 2.05) is 6.07 Å². The second-order valence-corrected chi connectivity index (χ2v) is 14.1. The molecule has 0 unspecified atom stereocenters. The molecule has 0 fully saturated rings. The van der Waals surface area contributed by atoms with E-state index in [-0.39, 0.29) is 22.3 Å². The molecule has 0 bridgehead atoms. The maximum Gasteiger partial charge on any atom is 0.299 e. The highest BCUT2D eigenvalue weighted by molar-refractivity contribution is 7.20. The van der Waals surface area contributed by atoms with Crippen LogP contribution in [0.5, 0.6) is 0 Å². The molecule has 0 aliphatic heterocycles. The van der Waals surface area contributed by atoms with E-state index >= 15 is 0 Å². The lowest BCUT2D eigenvalue weighted by molar-refractivity contribution is -0.633. The summed E-state index contributed by atoms with van der Waals surface area (Å²) in [6, 6.07) is 21.0. The summed E-state index contributed by atoms with van der Waals surface area (Å²) >= 11 is 1.00. The summed E-state index contributed by atoms with van der Waals surface area (Å²) in [4.78, 5) is -0.115. The van der Waals surface area contributed by atoms with Crippen LogP contribution in [0, 0.1) is 20.6 Å². The molecule has 4 heteroatoms. The molecule has 4 aromatic carbocycles. The molecule has 0 aliphatic rings. The number of fused-ring (bicyclic) bond motifs is 6. The maximum absolute atomic E-state index is 8.25. The van der Waals surface area contributed by atoms with Crippen LogP contribution in [0.15, 0.2) is 65.1 Å². The zero-order valence-corrected chi connectivity index (χ0v) is 27.5. The van der Waals surface area contributed by atoms with Crippen molar-refractivity contribution in [3.63, 3.8) is 0 Å². The molecule has 0 N–H and O–H groups in total. The van der Waals surface area contributed by atoms with Crippen LogP contribution in [-0.2, 0) is 7.05 Å². The normalized spacial score (nSPS) is 15.1. The van der Waals surface area contributed by atoms with E-state index < -0.39 is 13.7 Å². The Kier molecular flexibility index (Phi) is 5.31. The van der Waals surface area contributed by atoms with Gasteiger partial charge in [0.25, 0.3) is 5.82 Å². The van der Waals surface area contributed by atoms with Crippen LogP contribution in [-0.4, -0.2) is 4.57 Å². The highest BCUT2D eigenvalue weighted by Gasteiger charge is 2.34. The molecule has 3 aromatic heterocycles. The van der Waals surface area contributed by atoms with Gasteiger partial charge in [0.2, 0.25) is 0 Å². The monoisotopic (exact) mass is 605 g/mol. The van der Waals surface area contributed by atoms with Gasteiger partial charge in [-0.1, -0.05) is 84.0 Å². The second kappa shape index (κ2) is 10.3.